The summed E-state index contributed by atoms with van der Waals surface area (Å²) in [5.74, 6) is 1.16. The van der Waals surface area contributed by atoms with Crippen LogP contribution in [0.4, 0.5) is 0 Å². The molecule has 1 aliphatic rings. The van der Waals surface area contributed by atoms with Crippen LogP contribution < -0.4 is 10.1 Å². The van der Waals surface area contributed by atoms with Gasteiger partial charge < -0.3 is 24.1 Å². The molecule has 0 bridgehead atoms. The third-order valence-electron chi connectivity index (χ3n) is 4.60. The molecule has 0 radical (unpaired) electrons. The van der Waals surface area contributed by atoms with E-state index >= 15 is 0 Å². The highest BCUT2D eigenvalue weighted by Gasteiger charge is 2.15. The van der Waals surface area contributed by atoms with E-state index in [0.717, 1.165) is 49.3 Å². The fourth-order valence-electron chi connectivity index (χ4n) is 3.11. The summed E-state index contributed by atoms with van der Waals surface area (Å²) in [5, 5.41) is 3.97. The van der Waals surface area contributed by atoms with E-state index in [4.69, 9.17) is 14.2 Å². The average molecular weight is 346 g/mol. The van der Waals surface area contributed by atoms with Gasteiger partial charge in [0, 0.05) is 45.0 Å². The molecule has 0 unspecified atom stereocenters. The summed E-state index contributed by atoms with van der Waals surface area (Å²) in [6, 6.07) is 7.90. The Kier molecular flexibility index (Phi) is 6.30. The molecular weight excluding hydrogens is 320 g/mol. The molecule has 0 saturated carbocycles. The Morgan fingerprint density at radius 3 is 2.96 bits per heavy atom. The minimum Gasteiger partial charge on any atom is -0.483 e. The lowest BCUT2D eigenvalue weighted by molar-refractivity contribution is -0.123. The van der Waals surface area contributed by atoms with Gasteiger partial charge in [-0.2, -0.15) is 0 Å². The quantitative estimate of drug-likeness (QED) is 0.796. The van der Waals surface area contributed by atoms with Crippen molar-refractivity contribution >= 4 is 16.8 Å². The van der Waals surface area contributed by atoms with Gasteiger partial charge in [-0.25, -0.2) is 0 Å². The van der Waals surface area contributed by atoms with E-state index in [1.54, 1.807) is 7.11 Å². The van der Waals surface area contributed by atoms with Gasteiger partial charge in [0.05, 0.1) is 12.1 Å². The molecule has 1 fully saturated rings. The lowest BCUT2D eigenvalue weighted by Crippen LogP contribution is -2.35. The van der Waals surface area contributed by atoms with E-state index in [0.29, 0.717) is 19.1 Å². The molecule has 6 heteroatoms. The van der Waals surface area contributed by atoms with E-state index < -0.39 is 0 Å². The summed E-state index contributed by atoms with van der Waals surface area (Å²) in [5.41, 5.74) is 1.08. The fraction of sp³-hybridized carbons (Fsp3) is 0.526. The molecule has 1 aliphatic heterocycles. The van der Waals surface area contributed by atoms with Crippen LogP contribution in [0.25, 0.3) is 10.9 Å². The van der Waals surface area contributed by atoms with Crippen LogP contribution in [0.15, 0.2) is 30.5 Å². The largest absolute Gasteiger partial charge is 0.483 e. The fourth-order valence-corrected chi connectivity index (χ4v) is 3.11. The van der Waals surface area contributed by atoms with Crippen molar-refractivity contribution in [2.45, 2.75) is 19.4 Å². The number of benzene rings is 1. The van der Waals surface area contributed by atoms with Crippen molar-refractivity contribution in [1.29, 1.82) is 0 Å². The number of ether oxygens (including phenoxy) is 3. The normalized spacial score (nSPS) is 15.4. The molecule has 0 atom stereocenters. The van der Waals surface area contributed by atoms with Gasteiger partial charge in [-0.15, -0.1) is 0 Å². The maximum absolute atomic E-state index is 12.1. The molecule has 1 aromatic heterocycles. The molecule has 3 rings (SSSR count). The minimum absolute atomic E-state index is 0.0333. The predicted octanol–water partition coefficient (Wildman–Crippen LogP) is 2.21. The molecule has 0 spiro atoms. The third-order valence-corrected chi connectivity index (χ3v) is 4.60. The number of nitrogens with zero attached hydrogens (tertiary/aromatic N) is 1. The highest BCUT2D eigenvalue weighted by Crippen LogP contribution is 2.26. The number of hydrogen-bond acceptors (Lipinski definition) is 4. The smallest absolute Gasteiger partial charge is 0.257 e. The van der Waals surface area contributed by atoms with E-state index in [2.05, 4.69) is 9.88 Å². The maximum atomic E-state index is 12.1. The van der Waals surface area contributed by atoms with Crippen molar-refractivity contribution in [3.63, 3.8) is 0 Å². The zero-order valence-electron chi connectivity index (χ0n) is 14.7. The summed E-state index contributed by atoms with van der Waals surface area (Å²) >= 11 is 0. The second-order valence-electron chi connectivity index (χ2n) is 6.34. The number of fused-ring (bicyclic) bond motifs is 1. The molecule has 1 N–H and O–H groups in total. The molecule has 1 saturated heterocycles. The average Bonchev–Trinajstić information content (AvgIpc) is 3.07. The maximum Gasteiger partial charge on any atom is 0.257 e. The van der Waals surface area contributed by atoms with Crippen molar-refractivity contribution in [2.24, 2.45) is 5.92 Å². The van der Waals surface area contributed by atoms with Gasteiger partial charge in [0.15, 0.2) is 6.61 Å². The van der Waals surface area contributed by atoms with Gasteiger partial charge in [-0.3, -0.25) is 4.79 Å². The van der Waals surface area contributed by atoms with Crippen LogP contribution in [-0.2, 0) is 20.8 Å². The van der Waals surface area contributed by atoms with Gasteiger partial charge >= 0.3 is 0 Å². The third kappa shape index (κ3) is 4.74. The summed E-state index contributed by atoms with van der Waals surface area (Å²) in [7, 11) is 1.69. The van der Waals surface area contributed by atoms with Crippen LogP contribution in [0, 0.1) is 5.92 Å². The van der Waals surface area contributed by atoms with Crippen LogP contribution in [0.1, 0.15) is 12.8 Å². The number of amides is 1. The van der Waals surface area contributed by atoms with Crippen molar-refractivity contribution in [1.82, 2.24) is 9.88 Å². The number of methoxy groups -OCH3 is 1. The van der Waals surface area contributed by atoms with Gasteiger partial charge in [-0.05, 0) is 37.0 Å². The van der Waals surface area contributed by atoms with E-state index in [1.165, 1.54) is 0 Å². The first kappa shape index (κ1) is 17.8. The summed E-state index contributed by atoms with van der Waals surface area (Å²) in [4.78, 5) is 12.1. The Bertz CT molecular complexity index is 692. The highest BCUT2D eigenvalue weighted by molar-refractivity contribution is 5.87. The summed E-state index contributed by atoms with van der Waals surface area (Å²) < 4.78 is 18.3. The van der Waals surface area contributed by atoms with Crippen LogP contribution in [0.5, 0.6) is 5.75 Å². The first-order valence-corrected chi connectivity index (χ1v) is 8.82. The van der Waals surface area contributed by atoms with Crippen molar-refractivity contribution in [3.05, 3.63) is 30.5 Å². The van der Waals surface area contributed by atoms with Crippen LogP contribution >= 0.6 is 0 Å². The van der Waals surface area contributed by atoms with Crippen LogP contribution in [-0.4, -0.2) is 50.6 Å². The molecule has 25 heavy (non-hydrogen) atoms. The summed E-state index contributed by atoms with van der Waals surface area (Å²) in [6.07, 6.45) is 4.03. The molecule has 1 amide bonds. The molecular formula is C19H26N2O4. The SMILES string of the molecule is COCCn1ccc2c(OCC(=O)NCC3CCOCC3)cccc21. The van der Waals surface area contributed by atoms with Gasteiger partial charge in [0.1, 0.15) is 5.75 Å². The standard InChI is InChI=1S/C19H26N2O4/c1-23-12-9-21-8-5-16-17(21)3-2-4-18(16)25-14-19(22)20-13-15-6-10-24-11-7-15/h2-5,8,15H,6-7,9-14H2,1H3,(H,20,22). The molecule has 2 heterocycles. The van der Waals surface area contributed by atoms with E-state index in [9.17, 15) is 4.79 Å². The Labute approximate surface area is 148 Å². The van der Waals surface area contributed by atoms with Gasteiger partial charge in [0.25, 0.3) is 5.91 Å². The Hall–Kier alpha value is -2.05. The molecule has 1 aromatic carbocycles. The summed E-state index contributed by atoms with van der Waals surface area (Å²) in [6.45, 7) is 3.76. The second-order valence-corrected chi connectivity index (χ2v) is 6.34. The van der Waals surface area contributed by atoms with Crippen LogP contribution in [0.3, 0.4) is 0 Å². The molecule has 136 valence electrons. The lowest BCUT2D eigenvalue weighted by Gasteiger charge is -2.22. The number of rotatable bonds is 8. The molecule has 2 aromatic rings. The molecule has 6 nitrogen and oxygen atoms in total. The second kappa shape index (κ2) is 8.87. The number of carbonyl (C=O) groups is 1. The zero-order valence-corrected chi connectivity index (χ0v) is 14.7. The first-order valence-electron chi connectivity index (χ1n) is 8.82. The van der Waals surface area contributed by atoms with Crippen molar-refractivity contribution < 1.29 is 19.0 Å². The predicted molar refractivity (Wildman–Crippen MR) is 95.9 cm³/mol. The highest BCUT2D eigenvalue weighted by atomic mass is 16.5. The van der Waals surface area contributed by atoms with Crippen molar-refractivity contribution in [3.8, 4) is 5.75 Å². The van der Waals surface area contributed by atoms with E-state index in [-0.39, 0.29) is 12.5 Å². The van der Waals surface area contributed by atoms with Gasteiger partial charge in [0.2, 0.25) is 0 Å². The Morgan fingerprint density at radius 1 is 1.32 bits per heavy atom. The van der Waals surface area contributed by atoms with Crippen LogP contribution in [0.2, 0.25) is 0 Å². The zero-order chi connectivity index (χ0) is 17.5. The molecule has 0 aliphatic carbocycles. The Balaban J connectivity index is 1.53. The first-order chi connectivity index (χ1) is 12.3. The van der Waals surface area contributed by atoms with E-state index in [1.807, 2.05) is 30.5 Å². The minimum atomic E-state index is -0.0812. The lowest BCUT2D eigenvalue weighted by atomic mass is 10.0. The topological polar surface area (TPSA) is 61.7 Å². The number of hydrogen-bond donors (Lipinski definition) is 1. The monoisotopic (exact) mass is 346 g/mol. The Morgan fingerprint density at radius 2 is 2.16 bits per heavy atom. The number of nitrogens with one attached hydrogen (secondary N) is 1. The van der Waals surface area contributed by atoms with Gasteiger partial charge in [-0.1, -0.05) is 6.07 Å². The van der Waals surface area contributed by atoms with Crippen molar-refractivity contribution in [2.75, 3.05) is 40.1 Å². The number of aromatic nitrogens is 1. The number of carbonyl (C=O) groups excluding carboxylic acids is 1.